The lowest BCUT2D eigenvalue weighted by atomic mass is 9.85. The number of aromatic hydroxyl groups is 4. The lowest BCUT2D eigenvalue weighted by Gasteiger charge is -2.22. The molecule has 19 heteroatoms. The Hall–Kier alpha value is -10.0. The third-order valence-electron chi connectivity index (χ3n) is 15.9. The average Bonchev–Trinajstić information content (AvgIpc) is 0.808. The van der Waals surface area contributed by atoms with Crippen LogP contribution in [0.2, 0.25) is 19.6 Å². The van der Waals surface area contributed by atoms with E-state index < -0.39 is 14.5 Å². The van der Waals surface area contributed by atoms with Crippen LogP contribution < -0.4 is 23.4 Å². The van der Waals surface area contributed by atoms with Gasteiger partial charge in [0.2, 0.25) is 14.1 Å². The number of nitrogens with zero attached hydrogens (tertiary/aromatic N) is 6. The lowest BCUT2D eigenvalue weighted by Crippen LogP contribution is -2.29. The summed E-state index contributed by atoms with van der Waals surface area (Å²) in [5.41, 5.74) is 20.8. The zero-order valence-corrected chi connectivity index (χ0v) is 69.9. The first-order valence-electron chi connectivity index (χ1n) is 35.5. The van der Waals surface area contributed by atoms with Gasteiger partial charge in [0, 0.05) is 47.8 Å². The molecule has 0 amide bonds. The predicted molar refractivity (Wildman–Crippen MR) is 447 cm³/mol. The van der Waals surface area contributed by atoms with Crippen LogP contribution in [0.5, 0.6) is 51.7 Å². The van der Waals surface area contributed by atoms with E-state index in [1.165, 1.54) is 22.3 Å². The molecule has 0 aromatic heterocycles. The summed E-state index contributed by atoms with van der Waals surface area (Å²) in [5.74, 6) is 4.44. The molecule has 0 radical (unpaired) electrons. The maximum Gasteiger partial charge on any atom is 0.426 e. The van der Waals surface area contributed by atoms with Gasteiger partial charge in [-0.15, -0.1) is 0 Å². The van der Waals surface area contributed by atoms with Gasteiger partial charge in [0.1, 0.15) is 74.8 Å². The lowest BCUT2D eigenvalue weighted by molar-refractivity contribution is -0.0535. The van der Waals surface area contributed by atoms with E-state index in [4.69, 9.17) is 23.4 Å². The maximum absolute atomic E-state index is 12.2. The fourth-order valence-electron chi connectivity index (χ4n) is 11.2. The van der Waals surface area contributed by atoms with Gasteiger partial charge < -0.3 is 43.8 Å². The summed E-state index contributed by atoms with van der Waals surface area (Å²) in [6.07, 6.45) is 4.40. The van der Waals surface area contributed by atoms with Gasteiger partial charge >= 0.3 is 6.18 Å². The first-order chi connectivity index (χ1) is 49.6. The van der Waals surface area contributed by atoms with Crippen LogP contribution >= 0.6 is 0 Å². The van der Waals surface area contributed by atoms with Crippen LogP contribution in [-0.4, -0.2) is 101 Å². The highest BCUT2D eigenvalue weighted by molar-refractivity contribution is 6.70. The Bertz CT molecular complexity index is 4400. The fraction of sp³-hybridized carbons (Fsp3) is 0.386. The standard InChI is InChI=1S/C21H27NO4.C21H27NO.C13H18F3NOSi.C13H19NO.2C10H13NO/c1-13-8-15(21(2,3)4)19(23)16(9-13)22-12-14-10-17(24-5)20(26-7)18(11-14)25-6;1-13-8-15(3)17(16(4)9-13)12-22-19-11-14(2)10-18(20(19)23)21(5,6)7;1-9-6-10(2)12(18-19(3,4)5)11(7-9)17-8-13(14,15)16;1-9(2)8-14-12-7-10(3)6-11(4)13(12)15-5;2*1-4-11-9-6-7(2)5-8(3)10(9)12/h8-12,23H,1-7H3;8-12,23H,1-7H3;6-8H,1-5H3;6-9H,1-5H3;2*4-6,12H,1-3H3. The maximum atomic E-state index is 12.2. The third-order valence-corrected chi connectivity index (χ3v) is 16.7. The topological polar surface area (TPSA) is 201 Å². The minimum absolute atomic E-state index is 0.00170. The van der Waals surface area contributed by atoms with Crippen LogP contribution in [0.1, 0.15) is 164 Å². The van der Waals surface area contributed by atoms with Crippen molar-refractivity contribution in [3.8, 4) is 51.7 Å². The smallest absolute Gasteiger partial charge is 0.426 e. The number of aryl methyl sites for hydroxylation is 13. The molecular formula is C88H117F3N6O9Si. The Morgan fingerprint density at radius 3 is 1.05 bits per heavy atom. The van der Waals surface area contributed by atoms with Crippen LogP contribution in [0.25, 0.3) is 0 Å². The Morgan fingerprint density at radius 1 is 0.374 bits per heavy atom. The van der Waals surface area contributed by atoms with Crippen molar-refractivity contribution in [1.29, 1.82) is 0 Å². The number of benzene rings is 8. The number of ether oxygens (including phenoxy) is 4. The number of aliphatic imine (C=N–C) groups is 6. The van der Waals surface area contributed by atoms with Crippen molar-refractivity contribution in [2.75, 3.05) is 28.4 Å². The average molecular weight is 1490 g/mol. The molecule has 0 aliphatic carbocycles. The Balaban J connectivity index is 0.000000341. The molecule has 0 saturated heterocycles. The molecule has 0 saturated carbocycles. The quantitative estimate of drug-likeness (QED) is 0.0569. The van der Waals surface area contributed by atoms with Gasteiger partial charge in [-0.05, 0) is 261 Å². The summed E-state index contributed by atoms with van der Waals surface area (Å²) in [4.78, 5) is 25.2. The van der Waals surface area contributed by atoms with Gasteiger partial charge in [-0.2, -0.15) is 13.2 Å². The van der Waals surface area contributed by atoms with Crippen LogP contribution in [0.15, 0.2) is 127 Å². The van der Waals surface area contributed by atoms with Crippen molar-refractivity contribution < 1.29 is 57.0 Å². The summed E-state index contributed by atoms with van der Waals surface area (Å²) >= 11 is 0. The fourth-order valence-corrected chi connectivity index (χ4v) is 12.1. The van der Waals surface area contributed by atoms with E-state index in [0.717, 1.165) is 83.8 Å². The second-order valence-corrected chi connectivity index (χ2v) is 34.4. The molecule has 8 rings (SSSR count). The summed E-state index contributed by atoms with van der Waals surface area (Å²) < 4.78 is 63.9. The first-order valence-corrected chi connectivity index (χ1v) is 38.9. The van der Waals surface area contributed by atoms with Crippen LogP contribution in [0, 0.1) is 95.9 Å². The number of hydrogen-bond donors (Lipinski definition) is 4. The van der Waals surface area contributed by atoms with Gasteiger partial charge in [0.15, 0.2) is 11.5 Å². The van der Waals surface area contributed by atoms with E-state index in [1.54, 1.807) is 53.1 Å². The highest BCUT2D eigenvalue weighted by Crippen LogP contribution is 2.43. The summed E-state index contributed by atoms with van der Waals surface area (Å²) in [5, 5.41) is 40.3. The number of alkyl halides is 3. The van der Waals surface area contributed by atoms with Crippen molar-refractivity contribution in [3.63, 3.8) is 0 Å². The van der Waals surface area contributed by atoms with Gasteiger partial charge in [-0.3, -0.25) is 25.0 Å². The number of hydrogen-bond acceptors (Lipinski definition) is 15. The molecule has 0 unspecified atom stereocenters. The van der Waals surface area contributed by atoms with Gasteiger partial charge in [0.05, 0.1) is 28.4 Å². The summed E-state index contributed by atoms with van der Waals surface area (Å²) in [7, 11) is 4.48. The molecule has 8 aromatic rings. The van der Waals surface area contributed by atoms with Gasteiger partial charge in [-0.1, -0.05) is 109 Å². The molecule has 0 aliphatic rings. The SMILES string of the molecule is CC=Nc1cc(C)cc(C)c1O.CC=Nc1cc(C)cc(C)c1O.COc1c(C)cc(C)cc1N=CC(C)C.COc1cc(C=Nc2cc(C)cc(C(C)(C)C)c2O)cc(OC)c1OC.Cc1cc(C)c(C=Nc2cc(C)cc(C(C)(C)C)c2O)c(C)c1.Cc1cc(C)c(O[Si](C)(C)C)c(N=CC(F)(F)F)c1. The normalized spacial score (nSPS) is 11.8. The Labute approximate surface area is 637 Å². The largest absolute Gasteiger partial charge is 0.543 e. The van der Waals surface area contributed by atoms with E-state index in [9.17, 15) is 33.6 Å². The van der Waals surface area contributed by atoms with Crippen molar-refractivity contribution in [3.05, 3.63) is 192 Å². The molecule has 8 aromatic carbocycles. The van der Waals surface area contributed by atoms with Crippen molar-refractivity contribution in [2.24, 2.45) is 35.9 Å². The molecule has 0 bridgehead atoms. The molecule has 0 heterocycles. The number of phenols is 4. The molecule has 0 atom stereocenters. The van der Waals surface area contributed by atoms with Gasteiger partial charge in [-0.25, -0.2) is 4.99 Å². The second-order valence-electron chi connectivity index (χ2n) is 29.9. The zero-order valence-electron chi connectivity index (χ0n) is 68.9. The minimum Gasteiger partial charge on any atom is -0.543 e. The molecule has 0 aliphatic heterocycles. The monoisotopic (exact) mass is 1490 g/mol. The second kappa shape index (κ2) is 40.6. The van der Waals surface area contributed by atoms with Crippen LogP contribution in [0.3, 0.4) is 0 Å². The van der Waals surface area contributed by atoms with Crippen molar-refractivity contribution >= 4 is 79.7 Å². The first kappa shape index (κ1) is 91.2. The van der Waals surface area contributed by atoms with E-state index in [0.29, 0.717) is 51.7 Å². The van der Waals surface area contributed by atoms with E-state index >= 15 is 0 Å². The van der Waals surface area contributed by atoms with Crippen molar-refractivity contribution in [1.82, 2.24) is 0 Å². The number of methoxy groups -OCH3 is 4. The Morgan fingerprint density at radius 2 is 0.701 bits per heavy atom. The van der Waals surface area contributed by atoms with Gasteiger partial charge in [0.25, 0.3) is 0 Å². The highest BCUT2D eigenvalue weighted by atomic mass is 28.4. The molecule has 0 fully saturated rings. The molecule has 578 valence electrons. The van der Waals surface area contributed by atoms with Crippen molar-refractivity contribution in [2.45, 2.75) is 196 Å². The number of phenolic OH excluding ortho intramolecular Hbond substituents is 4. The van der Waals surface area contributed by atoms with Crippen LogP contribution in [-0.2, 0) is 10.8 Å². The predicted octanol–water partition coefficient (Wildman–Crippen LogP) is 24.4. The minimum atomic E-state index is -4.42. The summed E-state index contributed by atoms with van der Waals surface area (Å²) in [6.45, 7) is 52.1. The Kier molecular flexibility index (Phi) is 34.6. The molecule has 4 N–H and O–H groups in total. The molecule has 0 spiro atoms. The van der Waals surface area contributed by atoms with E-state index in [2.05, 4.69) is 131 Å². The molecule has 15 nitrogen and oxygen atoms in total. The molecule has 107 heavy (non-hydrogen) atoms. The van der Waals surface area contributed by atoms with Crippen LogP contribution in [0.4, 0.5) is 47.3 Å². The highest BCUT2D eigenvalue weighted by Gasteiger charge is 2.26. The summed E-state index contributed by atoms with van der Waals surface area (Å²) in [6, 6.07) is 31.0. The third kappa shape index (κ3) is 29.3. The zero-order chi connectivity index (χ0) is 81.4. The number of rotatable bonds is 15. The molecular weight excluding hydrogens is 1370 g/mol. The van der Waals surface area contributed by atoms with E-state index in [1.807, 2.05) is 181 Å². The van der Waals surface area contributed by atoms with E-state index in [-0.39, 0.29) is 45.7 Å². The number of halogens is 3.